The molecule has 16 nitrogen and oxygen atoms in total. The molecule has 386 valence electrons. The molecule has 3 N–H and O–H groups in total. The molecule has 0 aromatic heterocycles. The van der Waals surface area contributed by atoms with E-state index in [1.54, 1.807) is 23.1 Å². The van der Waals surface area contributed by atoms with Crippen LogP contribution in [0.2, 0.25) is 0 Å². The average molecular weight is 993 g/mol. The van der Waals surface area contributed by atoms with Gasteiger partial charge in [-0.1, -0.05) is 136 Å². The molecular weight excluding hydrogens is 921 g/mol. The highest BCUT2D eigenvalue weighted by atomic mass is 16.5. The lowest BCUT2D eigenvalue weighted by molar-refractivity contribution is -0.140. The molecule has 0 bridgehead atoms. The summed E-state index contributed by atoms with van der Waals surface area (Å²) in [4.78, 5) is 68.1. The smallest absolute Gasteiger partial charge is 0.330 e. The number of hydrogen-bond donors (Lipinski definition) is 3. The maximum absolute atomic E-state index is 12.7. The quantitative estimate of drug-likeness (QED) is 0.0376. The summed E-state index contributed by atoms with van der Waals surface area (Å²) in [5.74, 6) is 1.05. The SMILES string of the molecule is CCCCC(CC)COC(=O)/C=C/c1cccc(NC2=NC3=NC(Nc4cccc(/C=C/C(=O)OCC(CC)CCCC)c4)=NC4=NC(Nc5cccc(/C=C/C(=O)OCC(CC)CCCC)c5)=NC(=N2)N34)c1. The van der Waals surface area contributed by atoms with Crippen molar-refractivity contribution in [3.05, 3.63) is 108 Å². The first kappa shape index (κ1) is 54.8. The Morgan fingerprint density at radius 3 is 1.04 bits per heavy atom. The molecule has 3 aliphatic rings. The van der Waals surface area contributed by atoms with Gasteiger partial charge in [0.1, 0.15) is 0 Å². The Morgan fingerprint density at radius 1 is 0.466 bits per heavy atom. The highest BCUT2D eigenvalue weighted by Crippen LogP contribution is 2.23. The van der Waals surface area contributed by atoms with E-state index in [9.17, 15) is 14.4 Å². The van der Waals surface area contributed by atoms with Gasteiger partial charge in [0.25, 0.3) is 0 Å². The van der Waals surface area contributed by atoms with Crippen molar-refractivity contribution >= 4 is 89.0 Å². The van der Waals surface area contributed by atoms with E-state index in [1.165, 1.54) is 18.2 Å². The monoisotopic (exact) mass is 993 g/mol. The zero-order chi connectivity index (χ0) is 51.8. The van der Waals surface area contributed by atoms with Crippen LogP contribution in [-0.4, -0.2) is 78.4 Å². The van der Waals surface area contributed by atoms with E-state index in [0.29, 0.717) is 54.6 Å². The van der Waals surface area contributed by atoms with Crippen LogP contribution in [0, 0.1) is 17.8 Å². The number of nitrogens with zero attached hydrogens (tertiary/aromatic N) is 7. The van der Waals surface area contributed by atoms with Crippen LogP contribution in [-0.2, 0) is 28.6 Å². The van der Waals surface area contributed by atoms with E-state index >= 15 is 0 Å². The summed E-state index contributed by atoms with van der Waals surface area (Å²) in [7, 11) is 0. The average Bonchev–Trinajstić information content (AvgIpc) is 3.39. The number of anilines is 3. The van der Waals surface area contributed by atoms with Gasteiger partial charge in [-0.2, -0.15) is 30.0 Å². The molecule has 0 aliphatic carbocycles. The van der Waals surface area contributed by atoms with E-state index in [0.717, 1.165) is 93.7 Å². The van der Waals surface area contributed by atoms with Crippen molar-refractivity contribution in [2.75, 3.05) is 35.8 Å². The number of nitrogens with one attached hydrogen (secondary N) is 3. The second-order valence-corrected chi connectivity index (χ2v) is 18.3. The molecule has 0 saturated carbocycles. The Kier molecular flexibility index (Phi) is 21.9. The highest BCUT2D eigenvalue weighted by molar-refractivity contribution is 6.32. The third kappa shape index (κ3) is 17.9. The molecule has 73 heavy (non-hydrogen) atoms. The molecule has 3 heterocycles. The molecule has 0 fully saturated rings. The second-order valence-electron chi connectivity index (χ2n) is 18.3. The molecule has 16 heteroatoms. The number of ether oxygens (including phenoxy) is 3. The molecule has 3 aromatic carbocycles. The van der Waals surface area contributed by atoms with Crippen LogP contribution >= 0.6 is 0 Å². The van der Waals surface area contributed by atoms with Gasteiger partial charge in [0.15, 0.2) is 0 Å². The largest absolute Gasteiger partial charge is 0.462 e. The second kappa shape index (κ2) is 29.1. The van der Waals surface area contributed by atoms with Crippen molar-refractivity contribution in [3.8, 4) is 0 Å². The van der Waals surface area contributed by atoms with Crippen molar-refractivity contribution in [1.82, 2.24) is 4.90 Å². The minimum absolute atomic E-state index is 0.193. The van der Waals surface area contributed by atoms with Gasteiger partial charge < -0.3 is 30.2 Å². The number of rotatable bonds is 27. The van der Waals surface area contributed by atoms with Crippen LogP contribution in [0.3, 0.4) is 0 Å². The first-order chi connectivity index (χ1) is 35.6. The van der Waals surface area contributed by atoms with Gasteiger partial charge in [-0.25, -0.2) is 19.3 Å². The lowest BCUT2D eigenvalue weighted by Gasteiger charge is -2.30. The zero-order valence-electron chi connectivity index (χ0n) is 43.3. The number of benzene rings is 3. The van der Waals surface area contributed by atoms with Crippen LogP contribution in [0.25, 0.3) is 18.2 Å². The van der Waals surface area contributed by atoms with Gasteiger partial charge in [-0.3, -0.25) is 0 Å². The molecule has 3 aliphatic heterocycles. The number of carbonyl (C=O) groups excluding carboxylic acids is 3. The predicted molar refractivity (Wildman–Crippen MR) is 297 cm³/mol. The summed E-state index contributed by atoms with van der Waals surface area (Å²) in [5, 5.41) is 9.84. The maximum atomic E-state index is 12.7. The Labute approximate surface area is 430 Å². The fraction of sp³-hybridized carbons (Fsp3) is 0.421. The van der Waals surface area contributed by atoms with Gasteiger partial charge in [0.05, 0.1) is 19.8 Å². The summed E-state index contributed by atoms with van der Waals surface area (Å²) in [6.07, 6.45) is 22.1. The van der Waals surface area contributed by atoms with Gasteiger partial charge in [-0.05, 0) is 108 Å². The zero-order valence-corrected chi connectivity index (χ0v) is 43.3. The fourth-order valence-electron chi connectivity index (χ4n) is 7.93. The standard InChI is InChI=1S/C57H72N10O6/c1-7-13-19-40(10-4)37-71-49(68)31-28-43-22-16-25-46(34-43)58-52-61-55-63-53(59-47-26-17-23-44(35-47)29-32-50(69)72-38-41(11-5)20-14-8-2)65-57-66-54(64-56(62-52)67(55)57)60-48-27-18-24-45(36-48)30-33-51(70)73-39-42(12-6)21-15-9-3/h16-18,22-36,40-42H,7-15,19-21,37-39H2,1-6H3,(H3,58,59,60,61,62,63,64,65,66)/b31-28+,32-29+,33-30+. The summed E-state index contributed by atoms with van der Waals surface area (Å²) in [6, 6.07) is 22.4. The van der Waals surface area contributed by atoms with Gasteiger partial charge >= 0.3 is 17.9 Å². The Hall–Kier alpha value is -7.49. The van der Waals surface area contributed by atoms with Crippen LogP contribution in [0.1, 0.15) is 135 Å². The van der Waals surface area contributed by atoms with Crippen LogP contribution < -0.4 is 16.0 Å². The minimum Gasteiger partial charge on any atom is -0.462 e. The summed E-state index contributed by atoms with van der Waals surface area (Å²) >= 11 is 0. The van der Waals surface area contributed by atoms with Gasteiger partial charge in [0.2, 0.25) is 35.8 Å². The first-order valence-corrected chi connectivity index (χ1v) is 26.1. The van der Waals surface area contributed by atoms with Crippen molar-refractivity contribution in [2.24, 2.45) is 47.7 Å². The van der Waals surface area contributed by atoms with Crippen molar-refractivity contribution in [3.63, 3.8) is 0 Å². The Balaban J connectivity index is 1.22. The number of aliphatic imine (C=N–C) groups is 6. The lowest BCUT2D eigenvalue weighted by atomic mass is 10.0. The summed E-state index contributed by atoms with van der Waals surface area (Å²) in [5.41, 5.74) is 4.24. The summed E-state index contributed by atoms with van der Waals surface area (Å²) in [6.45, 7) is 14.0. The van der Waals surface area contributed by atoms with Crippen LogP contribution in [0.4, 0.5) is 17.1 Å². The van der Waals surface area contributed by atoms with E-state index in [2.05, 4.69) is 57.5 Å². The lowest BCUT2D eigenvalue weighted by Crippen LogP contribution is -2.49. The number of unbranched alkanes of at least 4 members (excludes halogenated alkanes) is 3. The van der Waals surface area contributed by atoms with Gasteiger partial charge in [0, 0.05) is 35.3 Å². The Morgan fingerprint density at radius 2 is 0.767 bits per heavy atom. The molecule has 0 amide bonds. The first-order valence-electron chi connectivity index (χ1n) is 26.1. The molecule has 3 atom stereocenters. The third-order valence-electron chi connectivity index (χ3n) is 12.5. The molecule has 0 radical (unpaired) electrons. The van der Waals surface area contributed by atoms with Crippen LogP contribution in [0.15, 0.2) is 121 Å². The van der Waals surface area contributed by atoms with Crippen molar-refractivity contribution in [2.45, 2.75) is 119 Å². The normalized spacial score (nSPS) is 15.3. The molecular formula is C57H72N10O6. The van der Waals surface area contributed by atoms with Gasteiger partial charge in [-0.15, -0.1) is 0 Å². The number of hydrogen-bond acceptors (Lipinski definition) is 16. The van der Waals surface area contributed by atoms with E-state index in [-0.39, 0.29) is 35.8 Å². The summed E-state index contributed by atoms with van der Waals surface area (Å²) < 4.78 is 16.7. The van der Waals surface area contributed by atoms with Crippen molar-refractivity contribution < 1.29 is 28.6 Å². The molecule has 3 unspecified atom stereocenters. The topological polar surface area (TPSA) is 192 Å². The number of esters is 3. The van der Waals surface area contributed by atoms with E-state index < -0.39 is 17.9 Å². The third-order valence-corrected chi connectivity index (χ3v) is 12.5. The number of carbonyl (C=O) groups is 3. The predicted octanol–water partition coefficient (Wildman–Crippen LogP) is 12.1. The fourth-order valence-corrected chi connectivity index (χ4v) is 7.93. The van der Waals surface area contributed by atoms with E-state index in [1.807, 2.05) is 72.8 Å². The minimum atomic E-state index is -0.391. The Bertz CT molecular complexity index is 2360. The molecule has 6 rings (SSSR count). The molecule has 0 spiro atoms. The molecule has 0 saturated heterocycles. The van der Waals surface area contributed by atoms with Crippen molar-refractivity contribution in [1.29, 1.82) is 0 Å². The highest BCUT2D eigenvalue weighted by Gasteiger charge is 2.35. The van der Waals surface area contributed by atoms with E-state index in [4.69, 9.17) is 44.2 Å². The number of guanidine groups is 6. The maximum Gasteiger partial charge on any atom is 0.330 e. The molecule has 3 aromatic rings. The van der Waals surface area contributed by atoms with Crippen LogP contribution in [0.5, 0.6) is 0 Å².